The van der Waals surface area contributed by atoms with Crippen LogP contribution in [-0.2, 0) is 0 Å². The summed E-state index contributed by atoms with van der Waals surface area (Å²) in [5.74, 6) is 5.36. The highest BCUT2D eigenvalue weighted by Crippen LogP contribution is 2.46. The Balaban J connectivity index is 1.80. The van der Waals surface area contributed by atoms with E-state index in [0.29, 0.717) is 50.7 Å². The fourth-order valence-electron chi connectivity index (χ4n) is 4.41. The Morgan fingerprint density at radius 2 is 2.00 bits per heavy atom. The van der Waals surface area contributed by atoms with Gasteiger partial charge in [0.05, 0.1) is 33.5 Å². The van der Waals surface area contributed by atoms with Crippen molar-refractivity contribution in [2.24, 2.45) is 17.0 Å². The SMILES string of the molecule is Cc1nc(F)ccc1C(Nc1cc(Cl)c2ncc(C#N)c(NCC(C)(C)C)c2c1)/C(N)=C/N(N)C1(C(F)F)CC1. The highest BCUT2D eigenvalue weighted by Gasteiger charge is 2.54. The second-order valence-electron chi connectivity index (χ2n) is 11.3. The minimum absolute atomic E-state index is 0.0787. The van der Waals surface area contributed by atoms with Crippen molar-refractivity contribution in [3.63, 3.8) is 0 Å². The zero-order chi connectivity index (χ0) is 29.4. The van der Waals surface area contributed by atoms with Crippen molar-refractivity contribution in [1.82, 2.24) is 15.0 Å². The third-order valence-corrected chi connectivity index (χ3v) is 7.15. The molecule has 1 fully saturated rings. The lowest BCUT2D eigenvalue weighted by Crippen LogP contribution is -2.44. The number of hydrazine groups is 1. The molecule has 212 valence electrons. The summed E-state index contributed by atoms with van der Waals surface area (Å²) >= 11 is 6.64. The van der Waals surface area contributed by atoms with Crippen LogP contribution in [0.25, 0.3) is 10.9 Å². The smallest absolute Gasteiger partial charge is 0.262 e. The van der Waals surface area contributed by atoms with Crippen LogP contribution in [0.15, 0.2) is 42.4 Å². The summed E-state index contributed by atoms with van der Waals surface area (Å²) in [4.78, 5) is 8.28. The third kappa shape index (κ3) is 6.03. The Morgan fingerprint density at radius 1 is 1.30 bits per heavy atom. The van der Waals surface area contributed by atoms with E-state index in [-0.39, 0.29) is 24.0 Å². The summed E-state index contributed by atoms with van der Waals surface area (Å²) in [5.41, 5.74) is 7.79. The molecule has 2 aromatic heterocycles. The highest BCUT2D eigenvalue weighted by atomic mass is 35.5. The van der Waals surface area contributed by atoms with Crippen molar-refractivity contribution in [1.29, 1.82) is 5.26 Å². The predicted octanol–water partition coefficient (Wildman–Crippen LogP) is 5.99. The minimum Gasteiger partial charge on any atom is -0.399 e. The summed E-state index contributed by atoms with van der Waals surface area (Å²) in [7, 11) is 0. The molecule has 8 nitrogen and oxygen atoms in total. The normalized spacial score (nSPS) is 15.6. The number of alkyl halides is 2. The van der Waals surface area contributed by atoms with Gasteiger partial charge in [-0.05, 0) is 43.4 Å². The van der Waals surface area contributed by atoms with Gasteiger partial charge < -0.3 is 21.4 Å². The van der Waals surface area contributed by atoms with Gasteiger partial charge in [0.15, 0.2) is 0 Å². The molecular weight excluding hydrogens is 541 g/mol. The number of pyridine rings is 2. The number of hydrogen-bond donors (Lipinski definition) is 4. The van der Waals surface area contributed by atoms with Gasteiger partial charge in [0.25, 0.3) is 6.43 Å². The molecule has 0 aliphatic heterocycles. The van der Waals surface area contributed by atoms with E-state index in [1.807, 2.05) is 0 Å². The van der Waals surface area contributed by atoms with Crippen molar-refractivity contribution in [2.75, 3.05) is 17.2 Å². The van der Waals surface area contributed by atoms with Crippen LogP contribution in [0, 0.1) is 29.6 Å². The van der Waals surface area contributed by atoms with E-state index in [1.54, 1.807) is 19.1 Å². The molecule has 4 rings (SSSR count). The number of fused-ring (bicyclic) bond motifs is 1. The van der Waals surface area contributed by atoms with Crippen LogP contribution in [0.4, 0.5) is 24.5 Å². The molecular formula is C28H32ClF3N8. The van der Waals surface area contributed by atoms with Crippen molar-refractivity contribution in [3.8, 4) is 6.07 Å². The van der Waals surface area contributed by atoms with Crippen LogP contribution in [0.1, 0.15) is 56.5 Å². The molecule has 0 spiro atoms. The Kier molecular flexibility index (Phi) is 8.06. The maximum absolute atomic E-state index is 13.9. The van der Waals surface area contributed by atoms with Gasteiger partial charge in [0.1, 0.15) is 11.6 Å². The minimum atomic E-state index is -2.65. The molecule has 0 amide bonds. The molecule has 1 aliphatic rings. The van der Waals surface area contributed by atoms with E-state index in [1.165, 1.54) is 24.5 Å². The first-order valence-electron chi connectivity index (χ1n) is 12.7. The highest BCUT2D eigenvalue weighted by molar-refractivity contribution is 6.35. The van der Waals surface area contributed by atoms with Crippen molar-refractivity contribution >= 4 is 33.9 Å². The maximum Gasteiger partial charge on any atom is 0.262 e. The summed E-state index contributed by atoms with van der Waals surface area (Å²) in [6, 6.07) is 7.46. The van der Waals surface area contributed by atoms with E-state index >= 15 is 0 Å². The first-order valence-corrected chi connectivity index (χ1v) is 13.1. The molecule has 2 heterocycles. The summed E-state index contributed by atoms with van der Waals surface area (Å²) in [6.07, 6.45) is 0.560. The van der Waals surface area contributed by atoms with Gasteiger partial charge in [0.2, 0.25) is 5.95 Å². The number of nitriles is 1. The predicted molar refractivity (Wildman–Crippen MR) is 151 cm³/mol. The Bertz CT molecular complexity index is 1490. The molecule has 3 aromatic rings. The lowest BCUT2D eigenvalue weighted by atomic mass is 9.96. The first kappa shape index (κ1) is 29.2. The molecule has 6 N–H and O–H groups in total. The number of hydrogen-bond acceptors (Lipinski definition) is 8. The number of aryl methyl sites for hydroxylation is 1. The number of nitrogens with two attached hydrogens (primary N) is 2. The Morgan fingerprint density at radius 3 is 2.58 bits per heavy atom. The lowest BCUT2D eigenvalue weighted by Gasteiger charge is -2.28. The molecule has 1 saturated carbocycles. The van der Waals surface area contributed by atoms with E-state index in [2.05, 4.69) is 47.4 Å². The van der Waals surface area contributed by atoms with Crippen LogP contribution in [0.2, 0.25) is 5.02 Å². The second-order valence-corrected chi connectivity index (χ2v) is 11.7. The number of nitrogens with zero attached hydrogens (tertiary/aromatic N) is 4. The fraction of sp³-hybridized carbons (Fsp3) is 0.393. The number of rotatable bonds is 9. The summed E-state index contributed by atoms with van der Waals surface area (Å²) in [5, 5.41) is 18.3. The average Bonchev–Trinajstić information content (AvgIpc) is 3.68. The molecule has 40 heavy (non-hydrogen) atoms. The molecule has 0 bridgehead atoms. The van der Waals surface area contributed by atoms with Crippen molar-refractivity contribution in [3.05, 3.63) is 70.2 Å². The van der Waals surface area contributed by atoms with Crippen LogP contribution in [0.5, 0.6) is 0 Å². The third-order valence-electron chi connectivity index (χ3n) is 6.86. The standard InChI is InChI=1S/C28H32ClF3N8/c1-15-18(5-6-22(30)38-15)25(21(34)13-40(35)28(7-8-28)26(31)32)39-17-9-19-23(37-14-27(2,3)4)16(11-33)12-36-24(19)20(29)10-17/h5-6,9-10,12-13,25-26,39H,7-8,14,34-35H2,1-4H3,(H,36,37)/b21-13-. The molecule has 0 radical (unpaired) electrons. The average molecular weight is 573 g/mol. The van der Waals surface area contributed by atoms with Crippen molar-refractivity contribution < 1.29 is 13.2 Å². The molecule has 1 unspecified atom stereocenters. The summed E-state index contributed by atoms with van der Waals surface area (Å²) in [6.45, 7) is 8.39. The van der Waals surface area contributed by atoms with Gasteiger partial charge >= 0.3 is 0 Å². The second kappa shape index (κ2) is 11.0. The topological polar surface area (TPSA) is 129 Å². The fourth-order valence-corrected chi connectivity index (χ4v) is 4.67. The lowest BCUT2D eigenvalue weighted by molar-refractivity contribution is 0.0305. The van der Waals surface area contributed by atoms with Crippen LogP contribution < -0.4 is 22.2 Å². The number of benzene rings is 1. The Hall–Kier alpha value is -3.75. The van der Waals surface area contributed by atoms with E-state index in [9.17, 15) is 18.4 Å². The van der Waals surface area contributed by atoms with Gasteiger partial charge in [-0.1, -0.05) is 38.4 Å². The van der Waals surface area contributed by atoms with Gasteiger partial charge in [-0.15, -0.1) is 0 Å². The van der Waals surface area contributed by atoms with E-state index < -0.39 is 24.0 Å². The molecule has 12 heteroatoms. The zero-order valence-corrected chi connectivity index (χ0v) is 23.5. The number of nitrogens with one attached hydrogen (secondary N) is 2. The van der Waals surface area contributed by atoms with Gasteiger partial charge in [-0.25, -0.2) is 19.6 Å². The molecule has 1 atom stereocenters. The van der Waals surface area contributed by atoms with Gasteiger partial charge in [-0.3, -0.25) is 4.98 Å². The van der Waals surface area contributed by atoms with Crippen molar-refractivity contribution in [2.45, 2.75) is 58.5 Å². The maximum atomic E-state index is 13.9. The molecule has 1 aromatic carbocycles. The van der Waals surface area contributed by atoms with Gasteiger partial charge in [0, 0.05) is 41.3 Å². The quantitative estimate of drug-likeness (QED) is 0.140. The largest absolute Gasteiger partial charge is 0.399 e. The van der Waals surface area contributed by atoms with Gasteiger partial charge in [-0.2, -0.15) is 9.65 Å². The number of anilines is 2. The Labute approximate surface area is 236 Å². The van der Waals surface area contributed by atoms with E-state index in [4.69, 9.17) is 23.2 Å². The van der Waals surface area contributed by atoms with Crippen LogP contribution >= 0.6 is 11.6 Å². The first-order chi connectivity index (χ1) is 18.8. The monoisotopic (exact) mass is 572 g/mol. The van der Waals surface area contributed by atoms with E-state index in [0.717, 1.165) is 5.01 Å². The number of halogens is 4. The summed E-state index contributed by atoms with van der Waals surface area (Å²) < 4.78 is 41.2. The van der Waals surface area contributed by atoms with Crippen LogP contribution in [0.3, 0.4) is 0 Å². The number of aromatic nitrogens is 2. The molecule has 1 aliphatic carbocycles. The zero-order valence-electron chi connectivity index (χ0n) is 22.7. The molecule has 0 saturated heterocycles. The van der Waals surface area contributed by atoms with Crippen LogP contribution in [-0.4, -0.2) is 33.5 Å².